The van der Waals surface area contributed by atoms with Gasteiger partial charge in [0, 0.05) is 6.04 Å². The van der Waals surface area contributed by atoms with Crippen molar-refractivity contribution in [1.29, 1.82) is 0 Å². The zero-order chi connectivity index (χ0) is 13.8. The molecule has 1 saturated carbocycles. The number of carbonyl (C=O) groups is 1. The first-order chi connectivity index (χ1) is 8.39. The summed E-state index contributed by atoms with van der Waals surface area (Å²) in [5, 5.41) is 9.50. The number of rotatable bonds is 6. The van der Waals surface area contributed by atoms with E-state index in [0.29, 0.717) is 0 Å². The molecule has 0 heterocycles. The highest BCUT2D eigenvalue weighted by molar-refractivity contribution is 5.69. The first kappa shape index (κ1) is 15.3. The zero-order valence-corrected chi connectivity index (χ0v) is 12.1. The van der Waals surface area contributed by atoms with Crippen molar-refractivity contribution in [2.75, 3.05) is 6.61 Å². The van der Waals surface area contributed by atoms with Crippen molar-refractivity contribution in [3.05, 3.63) is 0 Å². The molecule has 0 aromatic carbocycles. The van der Waals surface area contributed by atoms with Crippen LogP contribution in [0, 0.1) is 0 Å². The van der Waals surface area contributed by atoms with Gasteiger partial charge < -0.3 is 9.84 Å². The number of ether oxygens (including phenoxy) is 1. The third kappa shape index (κ3) is 4.84. The number of hydrogen-bond donors (Lipinski definition) is 1. The summed E-state index contributed by atoms with van der Waals surface area (Å²) in [6, 6.07) is 0.182. The molecule has 1 rings (SSSR count). The minimum Gasteiger partial charge on any atom is -0.444 e. The van der Waals surface area contributed by atoms with Gasteiger partial charge in [0.15, 0.2) is 0 Å². The number of carbonyl (C=O) groups excluding carboxylic acids is 1. The number of amides is 1. The second-order valence-electron chi connectivity index (χ2n) is 6.10. The van der Waals surface area contributed by atoms with Gasteiger partial charge in [0.1, 0.15) is 5.60 Å². The number of nitrogens with zero attached hydrogens (tertiary/aromatic N) is 1. The molecule has 1 atom stereocenters. The van der Waals surface area contributed by atoms with E-state index in [0.717, 1.165) is 32.1 Å². The smallest absolute Gasteiger partial charge is 0.410 e. The largest absolute Gasteiger partial charge is 0.444 e. The molecule has 1 fully saturated rings. The molecule has 0 radical (unpaired) electrons. The molecule has 18 heavy (non-hydrogen) atoms. The van der Waals surface area contributed by atoms with Crippen LogP contribution in [0.4, 0.5) is 4.79 Å². The van der Waals surface area contributed by atoms with Crippen molar-refractivity contribution in [1.82, 2.24) is 4.90 Å². The van der Waals surface area contributed by atoms with Gasteiger partial charge in [-0.3, -0.25) is 4.90 Å². The van der Waals surface area contributed by atoms with Gasteiger partial charge in [0.25, 0.3) is 0 Å². The van der Waals surface area contributed by atoms with Crippen LogP contribution in [0.2, 0.25) is 0 Å². The molecule has 0 aliphatic heterocycles. The molecule has 0 aromatic rings. The molecule has 4 heteroatoms. The van der Waals surface area contributed by atoms with Crippen LogP contribution in [0.3, 0.4) is 0 Å². The Bertz CT molecular complexity index is 269. The molecule has 1 aliphatic carbocycles. The Morgan fingerprint density at radius 1 is 1.44 bits per heavy atom. The Labute approximate surface area is 110 Å². The van der Waals surface area contributed by atoms with Crippen LogP contribution in [0.5, 0.6) is 0 Å². The van der Waals surface area contributed by atoms with Gasteiger partial charge in [-0.05, 0) is 40.0 Å². The maximum atomic E-state index is 12.2. The van der Waals surface area contributed by atoms with Gasteiger partial charge in [-0.15, -0.1) is 0 Å². The van der Waals surface area contributed by atoms with E-state index in [1.165, 1.54) is 0 Å². The normalized spacial score (nSPS) is 17.4. The van der Waals surface area contributed by atoms with E-state index in [1.54, 1.807) is 4.90 Å². The van der Waals surface area contributed by atoms with E-state index in [2.05, 4.69) is 6.92 Å². The fourth-order valence-corrected chi connectivity index (χ4v) is 2.02. The first-order valence-corrected chi connectivity index (χ1v) is 7.01. The Kier molecular flexibility index (Phi) is 5.45. The number of aliphatic hydroxyl groups is 1. The molecule has 1 aliphatic rings. The number of unbranched alkanes of at least 4 members (excludes halogenated alkanes) is 1. The quantitative estimate of drug-likeness (QED) is 0.796. The SMILES string of the molecule is CCCCC(CO)N(C(=O)OC(C)(C)C)C1CC1. The second-order valence-corrected chi connectivity index (χ2v) is 6.10. The molecule has 1 amide bonds. The van der Waals surface area contributed by atoms with Crippen molar-refractivity contribution < 1.29 is 14.6 Å². The molecular weight excluding hydrogens is 230 g/mol. The molecule has 1 unspecified atom stereocenters. The van der Waals surface area contributed by atoms with Crippen molar-refractivity contribution in [2.45, 2.75) is 77.5 Å². The van der Waals surface area contributed by atoms with Crippen molar-refractivity contribution in [3.63, 3.8) is 0 Å². The van der Waals surface area contributed by atoms with Gasteiger partial charge in [-0.2, -0.15) is 0 Å². The van der Waals surface area contributed by atoms with Crippen LogP contribution in [0.1, 0.15) is 59.8 Å². The van der Waals surface area contributed by atoms with E-state index < -0.39 is 5.60 Å². The summed E-state index contributed by atoms with van der Waals surface area (Å²) in [5.41, 5.74) is -0.477. The Morgan fingerprint density at radius 3 is 2.44 bits per heavy atom. The molecular formula is C14H27NO3. The van der Waals surface area contributed by atoms with Gasteiger partial charge in [-0.1, -0.05) is 19.8 Å². The summed E-state index contributed by atoms with van der Waals surface area (Å²) in [4.78, 5) is 14.0. The summed E-state index contributed by atoms with van der Waals surface area (Å²) in [5.74, 6) is 0. The average molecular weight is 257 g/mol. The number of aliphatic hydroxyl groups excluding tert-OH is 1. The van der Waals surface area contributed by atoms with E-state index in [9.17, 15) is 9.90 Å². The van der Waals surface area contributed by atoms with Crippen LogP contribution < -0.4 is 0 Å². The van der Waals surface area contributed by atoms with E-state index in [4.69, 9.17) is 4.74 Å². The van der Waals surface area contributed by atoms with Crippen LogP contribution >= 0.6 is 0 Å². The Balaban J connectivity index is 2.65. The molecule has 1 N–H and O–H groups in total. The van der Waals surface area contributed by atoms with Gasteiger partial charge >= 0.3 is 6.09 Å². The fourth-order valence-electron chi connectivity index (χ4n) is 2.02. The molecule has 106 valence electrons. The third-order valence-corrected chi connectivity index (χ3v) is 3.04. The molecule has 0 saturated heterocycles. The summed E-state index contributed by atoms with van der Waals surface area (Å²) < 4.78 is 5.44. The highest BCUT2D eigenvalue weighted by Gasteiger charge is 2.39. The molecule has 4 nitrogen and oxygen atoms in total. The van der Waals surface area contributed by atoms with E-state index in [1.807, 2.05) is 20.8 Å². The van der Waals surface area contributed by atoms with Gasteiger partial charge in [0.05, 0.1) is 12.6 Å². The first-order valence-electron chi connectivity index (χ1n) is 7.01. The molecule has 0 aromatic heterocycles. The van der Waals surface area contributed by atoms with Crippen LogP contribution in [-0.2, 0) is 4.74 Å². The molecule has 0 spiro atoms. The van der Waals surface area contributed by atoms with Crippen molar-refractivity contribution in [2.24, 2.45) is 0 Å². The third-order valence-electron chi connectivity index (χ3n) is 3.04. The Hall–Kier alpha value is -0.770. The second kappa shape index (κ2) is 6.41. The predicted octanol–water partition coefficient (Wildman–Crippen LogP) is 2.94. The highest BCUT2D eigenvalue weighted by Crippen LogP contribution is 2.31. The maximum absolute atomic E-state index is 12.2. The summed E-state index contributed by atoms with van der Waals surface area (Å²) >= 11 is 0. The van der Waals surface area contributed by atoms with Crippen LogP contribution in [0.25, 0.3) is 0 Å². The van der Waals surface area contributed by atoms with Crippen molar-refractivity contribution in [3.8, 4) is 0 Å². The lowest BCUT2D eigenvalue weighted by Gasteiger charge is -2.33. The molecule has 0 bridgehead atoms. The number of hydrogen-bond acceptors (Lipinski definition) is 3. The van der Waals surface area contributed by atoms with E-state index >= 15 is 0 Å². The average Bonchev–Trinajstić information content (AvgIpc) is 3.05. The highest BCUT2D eigenvalue weighted by atomic mass is 16.6. The lowest BCUT2D eigenvalue weighted by atomic mass is 10.1. The van der Waals surface area contributed by atoms with Crippen LogP contribution in [-0.4, -0.2) is 40.4 Å². The minimum absolute atomic E-state index is 0.0236. The van der Waals surface area contributed by atoms with Crippen molar-refractivity contribution >= 4 is 6.09 Å². The van der Waals surface area contributed by atoms with Crippen LogP contribution in [0.15, 0.2) is 0 Å². The summed E-state index contributed by atoms with van der Waals surface area (Å²) in [6.45, 7) is 7.75. The standard InChI is InChI=1S/C14H27NO3/c1-5-6-7-12(10-16)15(11-8-9-11)13(17)18-14(2,3)4/h11-12,16H,5-10H2,1-4H3. The van der Waals surface area contributed by atoms with Gasteiger partial charge in [0.2, 0.25) is 0 Å². The van der Waals surface area contributed by atoms with E-state index in [-0.39, 0.29) is 24.8 Å². The Morgan fingerprint density at radius 2 is 2.06 bits per heavy atom. The predicted molar refractivity (Wildman–Crippen MR) is 71.5 cm³/mol. The monoisotopic (exact) mass is 257 g/mol. The zero-order valence-electron chi connectivity index (χ0n) is 12.1. The lowest BCUT2D eigenvalue weighted by Crippen LogP contribution is -2.46. The maximum Gasteiger partial charge on any atom is 0.410 e. The fraction of sp³-hybridized carbons (Fsp3) is 0.929. The lowest BCUT2D eigenvalue weighted by molar-refractivity contribution is 0.00549. The van der Waals surface area contributed by atoms with Gasteiger partial charge in [-0.25, -0.2) is 4.79 Å². The summed E-state index contributed by atoms with van der Waals surface area (Å²) in [7, 11) is 0. The topological polar surface area (TPSA) is 49.8 Å². The summed E-state index contributed by atoms with van der Waals surface area (Å²) in [6.07, 6.45) is 4.73. The minimum atomic E-state index is -0.477.